The summed E-state index contributed by atoms with van der Waals surface area (Å²) in [6.45, 7) is 0. The Bertz CT molecular complexity index is 1530. The lowest BCUT2D eigenvalue weighted by molar-refractivity contribution is -0.136. The Kier molecular flexibility index (Phi) is 7.24. The zero-order chi connectivity index (χ0) is 26.5. The number of hydrogen-bond acceptors (Lipinski definition) is 6. The molecule has 4 rings (SSSR count). The standard InChI is InChI=1S/C28H21FN2O6/c1-37-28(36)24(12-4-16-2-10-20(32)11-3-16)31-26(33)25-15-22(27(34)35)21-14-18(7-13-23(21)30-25)17-5-8-19(29)9-6-17/h2-3,5-15,32H,4H2,1H3,(H,31,33)(H,34,35)/b24-12+. The van der Waals surface area contributed by atoms with Crippen molar-refractivity contribution in [2.75, 3.05) is 7.11 Å². The van der Waals surface area contributed by atoms with Crippen LogP contribution in [0.25, 0.3) is 22.0 Å². The number of amides is 1. The van der Waals surface area contributed by atoms with E-state index in [0.29, 0.717) is 16.5 Å². The normalized spacial score (nSPS) is 11.2. The van der Waals surface area contributed by atoms with Gasteiger partial charge < -0.3 is 20.3 Å². The highest BCUT2D eigenvalue weighted by Crippen LogP contribution is 2.27. The summed E-state index contributed by atoms with van der Waals surface area (Å²) in [5, 5.41) is 22.0. The Hall–Kier alpha value is -5.05. The zero-order valence-corrected chi connectivity index (χ0v) is 19.6. The second kappa shape index (κ2) is 10.7. The number of benzene rings is 3. The number of carboxylic acids is 1. The number of phenols is 1. The maximum Gasteiger partial charge on any atom is 0.354 e. The number of halogens is 1. The topological polar surface area (TPSA) is 126 Å². The van der Waals surface area contributed by atoms with E-state index in [2.05, 4.69) is 10.3 Å². The van der Waals surface area contributed by atoms with Gasteiger partial charge in [0.2, 0.25) is 0 Å². The van der Waals surface area contributed by atoms with Crippen molar-refractivity contribution in [3.8, 4) is 16.9 Å². The van der Waals surface area contributed by atoms with Crippen LogP contribution in [0.3, 0.4) is 0 Å². The van der Waals surface area contributed by atoms with Gasteiger partial charge >= 0.3 is 11.9 Å². The minimum Gasteiger partial charge on any atom is -0.508 e. The highest BCUT2D eigenvalue weighted by Gasteiger charge is 2.20. The fourth-order valence-electron chi connectivity index (χ4n) is 3.67. The molecule has 0 spiro atoms. The Morgan fingerprint density at radius 1 is 0.973 bits per heavy atom. The van der Waals surface area contributed by atoms with Crippen LogP contribution >= 0.6 is 0 Å². The van der Waals surface area contributed by atoms with E-state index in [0.717, 1.165) is 11.6 Å². The lowest BCUT2D eigenvalue weighted by atomic mass is 10.00. The van der Waals surface area contributed by atoms with E-state index >= 15 is 0 Å². The highest BCUT2D eigenvalue weighted by molar-refractivity contribution is 6.08. The van der Waals surface area contributed by atoms with Crippen LogP contribution in [0.2, 0.25) is 0 Å². The molecule has 9 heteroatoms. The van der Waals surface area contributed by atoms with Crippen LogP contribution in [0.4, 0.5) is 4.39 Å². The summed E-state index contributed by atoms with van der Waals surface area (Å²) < 4.78 is 18.0. The van der Waals surface area contributed by atoms with Gasteiger partial charge in [0, 0.05) is 5.39 Å². The molecule has 0 aliphatic carbocycles. The fraction of sp³-hybridized carbons (Fsp3) is 0.0714. The van der Waals surface area contributed by atoms with Crippen LogP contribution in [-0.2, 0) is 16.0 Å². The second-order valence-corrected chi connectivity index (χ2v) is 8.03. The molecule has 4 aromatic rings. The Morgan fingerprint density at radius 2 is 1.65 bits per heavy atom. The third-order valence-electron chi connectivity index (χ3n) is 5.58. The van der Waals surface area contributed by atoms with Crippen LogP contribution in [-0.4, -0.2) is 40.2 Å². The van der Waals surface area contributed by atoms with E-state index in [-0.39, 0.29) is 34.6 Å². The molecule has 0 saturated heterocycles. The highest BCUT2D eigenvalue weighted by atomic mass is 19.1. The number of aromatic carboxylic acids is 1. The quantitative estimate of drug-likeness (QED) is 0.252. The van der Waals surface area contributed by atoms with Gasteiger partial charge in [-0.15, -0.1) is 0 Å². The number of nitrogens with one attached hydrogen (secondary N) is 1. The van der Waals surface area contributed by atoms with Gasteiger partial charge in [0.15, 0.2) is 0 Å². The number of carbonyl (C=O) groups excluding carboxylic acids is 2. The largest absolute Gasteiger partial charge is 0.508 e. The van der Waals surface area contributed by atoms with E-state index in [1.54, 1.807) is 42.5 Å². The molecule has 0 fully saturated rings. The molecular formula is C28H21FN2O6. The van der Waals surface area contributed by atoms with Gasteiger partial charge in [0.05, 0.1) is 18.2 Å². The number of methoxy groups -OCH3 is 1. The maximum atomic E-state index is 13.3. The first-order valence-corrected chi connectivity index (χ1v) is 11.1. The van der Waals surface area contributed by atoms with Crippen molar-refractivity contribution in [1.29, 1.82) is 0 Å². The SMILES string of the molecule is COC(=O)/C(=C\Cc1ccc(O)cc1)NC(=O)c1cc(C(=O)O)c2cc(-c3ccc(F)cc3)ccc2n1. The van der Waals surface area contributed by atoms with Crippen molar-refractivity contribution in [2.45, 2.75) is 6.42 Å². The number of carbonyl (C=O) groups is 3. The number of ether oxygens (including phenoxy) is 1. The number of rotatable bonds is 7. The molecule has 3 N–H and O–H groups in total. The Labute approximate surface area is 210 Å². The Balaban J connectivity index is 1.66. The van der Waals surface area contributed by atoms with Crippen LogP contribution < -0.4 is 5.32 Å². The number of esters is 1. The minimum absolute atomic E-state index is 0.0932. The summed E-state index contributed by atoms with van der Waals surface area (Å²) in [6.07, 6.45) is 1.70. The molecule has 1 heterocycles. The van der Waals surface area contributed by atoms with Gasteiger partial charge in [-0.05, 0) is 71.7 Å². The molecule has 8 nitrogen and oxygen atoms in total. The molecule has 0 unspecified atom stereocenters. The Morgan fingerprint density at radius 3 is 2.30 bits per heavy atom. The lowest BCUT2D eigenvalue weighted by Gasteiger charge is -2.11. The average Bonchev–Trinajstić information content (AvgIpc) is 2.90. The van der Waals surface area contributed by atoms with Crippen molar-refractivity contribution in [2.24, 2.45) is 0 Å². The van der Waals surface area contributed by atoms with E-state index in [1.165, 1.54) is 37.5 Å². The molecule has 0 radical (unpaired) electrons. The molecular weight excluding hydrogens is 479 g/mol. The summed E-state index contributed by atoms with van der Waals surface area (Å²) in [5.41, 5.74) is 1.84. The summed E-state index contributed by atoms with van der Waals surface area (Å²) in [5.74, 6) is -3.16. The first-order valence-electron chi connectivity index (χ1n) is 11.1. The predicted molar refractivity (Wildman–Crippen MR) is 133 cm³/mol. The molecule has 3 aromatic carbocycles. The van der Waals surface area contributed by atoms with Gasteiger partial charge in [0.25, 0.3) is 5.91 Å². The predicted octanol–water partition coefficient (Wildman–Crippen LogP) is 4.47. The summed E-state index contributed by atoms with van der Waals surface area (Å²) >= 11 is 0. The minimum atomic E-state index is -1.27. The molecule has 1 amide bonds. The summed E-state index contributed by atoms with van der Waals surface area (Å²) in [7, 11) is 1.17. The van der Waals surface area contributed by atoms with Crippen molar-refractivity contribution in [1.82, 2.24) is 10.3 Å². The lowest BCUT2D eigenvalue weighted by Crippen LogP contribution is -2.29. The maximum absolute atomic E-state index is 13.3. The smallest absolute Gasteiger partial charge is 0.354 e. The first-order chi connectivity index (χ1) is 17.7. The number of aromatic nitrogens is 1. The molecule has 1 aromatic heterocycles. The number of pyridine rings is 1. The monoisotopic (exact) mass is 500 g/mol. The van der Waals surface area contributed by atoms with E-state index in [4.69, 9.17) is 4.74 Å². The van der Waals surface area contributed by atoms with E-state index < -0.39 is 23.7 Å². The third kappa shape index (κ3) is 5.79. The number of allylic oxidation sites excluding steroid dienone is 1. The molecule has 37 heavy (non-hydrogen) atoms. The van der Waals surface area contributed by atoms with E-state index in [1.807, 2.05) is 0 Å². The van der Waals surface area contributed by atoms with Crippen LogP contribution in [0, 0.1) is 5.82 Å². The molecule has 0 saturated carbocycles. The van der Waals surface area contributed by atoms with Crippen LogP contribution in [0.5, 0.6) is 5.75 Å². The number of nitrogens with zero attached hydrogens (tertiary/aromatic N) is 1. The number of hydrogen-bond donors (Lipinski definition) is 3. The summed E-state index contributed by atoms with van der Waals surface area (Å²) in [6, 6.07) is 18.1. The van der Waals surface area contributed by atoms with Crippen LogP contribution in [0.1, 0.15) is 26.4 Å². The zero-order valence-electron chi connectivity index (χ0n) is 19.6. The van der Waals surface area contributed by atoms with Gasteiger partial charge in [-0.3, -0.25) is 4.79 Å². The van der Waals surface area contributed by atoms with Crippen molar-refractivity contribution in [3.05, 3.63) is 107 Å². The number of fused-ring (bicyclic) bond motifs is 1. The number of carboxylic acid groups (broad SMARTS) is 1. The number of aromatic hydroxyl groups is 1. The fourth-order valence-corrected chi connectivity index (χ4v) is 3.67. The van der Waals surface area contributed by atoms with Gasteiger partial charge in [-0.2, -0.15) is 0 Å². The van der Waals surface area contributed by atoms with Crippen LogP contribution in [0.15, 0.2) is 84.6 Å². The third-order valence-corrected chi connectivity index (χ3v) is 5.58. The first kappa shape index (κ1) is 25.1. The van der Waals surface area contributed by atoms with Crippen molar-refractivity contribution >= 4 is 28.7 Å². The molecule has 0 aliphatic heterocycles. The van der Waals surface area contributed by atoms with Gasteiger partial charge in [-0.1, -0.05) is 30.3 Å². The van der Waals surface area contributed by atoms with Gasteiger partial charge in [0.1, 0.15) is 23.0 Å². The van der Waals surface area contributed by atoms with Gasteiger partial charge in [-0.25, -0.2) is 19.0 Å². The van der Waals surface area contributed by atoms with Crippen molar-refractivity contribution in [3.63, 3.8) is 0 Å². The second-order valence-electron chi connectivity index (χ2n) is 8.03. The molecule has 0 atom stereocenters. The van der Waals surface area contributed by atoms with E-state index in [9.17, 15) is 29.0 Å². The molecule has 0 bridgehead atoms. The van der Waals surface area contributed by atoms with Crippen molar-refractivity contribution < 1.29 is 33.7 Å². The molecule has 186 valence electrons. The average molecular weight is 500 g/mol. The number of phenolic OH excluding ortho intramolecular Hbond substituents is 1. The molecule has 0 aliphatic rings. The summed E-state index contributed by atoms with van der Waals surface area (Å²) in [4.78, 5) is 41.6.